The second kappa shape index (κ2) is 5.45. The molecule has 1 aliphatic rings. The van der Waals surface area contributed by atoms with Crippen molar-refractivity contribution in [1.29, 1.82) is 0 Å². The number of hydrogen-bond donors (Lipinski definition) is 1. The summed E-state index contributed by atoms with van der Waals surface area (Å²) < 4.78 is 11.7. The second-order valence-electron chi connectivity index (χ2n) is 5.69. The van der Waals surface area contributed by atoms with Crippen molar-refractivity contribution in [2.75, 3.05) is 6.61 Å². The molecule has 0 aliphatic carbocycles. The molecule has 94 valence electrons. The minimum atomic E-state index is -1.14. The van der Waals surface area contributed by atoms with Gasteiger partial charge in [0.25, 0.3) is 0 Å². The van der Waals surface area contributed by atoms with E-state index in [1.54, 1.807) is 6.08 Å². The van der Waals surface area contributed by atoms with Crippen molar-refractivity contribution >= 4 is 9.04 Å². The molecule has 16 heavy (non-hydrogen) atoms. The predicted molar refractivity (Wildman–Crippen MR) is 68.1 cm³/mol. The van der Waals surface area contributed by atoms with Gasteiger partial charge in [0.05, 0.1) is 12.7 Å². The monoisotopic (exact) mass is 244 g/mol. The Labute approximate surface area is 100 Å². The Kier molecular flexibility index (Phi) is 4.73. The first kappa shape index (κ1) is 13.9. The lowest BCUT2D eigenvalue weighted by Crippen LogP contribution is -2.50. The summed E-state index contributed by atoms with van der Waals surface area (Å²) >= 11 is 0. The number of aliphatic hydroxyl groups is 1. The SMILES string of the molecule is C[SiH](C)OC([C@@H]1OCC=C[C@@H]1O)C(C)(C)C. The molecule has 0 radical (unpaired) electrons. The molecule has 0 bridgehead atoms. The summed E-state index contributed by atoms with van der Waals surface area (Å²) in [5.41, 5.74) is -0.0197. The lowest BCUT2D eigenvalue weighted by molar-refractivity contribution is -0.109. The van der Waals surface area contributed by atoms with Crippen molar-refractivity contribution in [3.8, 4) is 0 Å². The molecule has 0 fully saturated rings. The Hall–Kier alpha value is -0.163. The van der Waals surface area contributed by atoms with E-state index in [4.69, 9.17) is 9.16 Å². The molecule has 0 saturated heterocycles. The second-order valence-corrected chi connectivity index (χ2v) is 8.06. The summed E-state index contributed by atoms with van der Waals surface area (Å²) in [7, 11) is -1.14. The van der Waals surface area contributed by atoms with Crippen LogP contribution in [0.5, 0.6) is 0 Å². The van der Waals surface area contributed by atoms with E-state index in [2.05, 4.69) is 33.9 Å². The fourth-order valence-corrected chi connectivity index (χ4v) is 3.05. The Morgan fingerprint density at radius 2 is 2.06 bits per heavy atom. The smallest absolute Gasteiger partial charge is 0.171 e. The average molecular weight is 244 g/mol. The highest BCUT2D eigenvalue weighted by atomic mass is 28.3. The van der Waals surface area contributed by atoms with Crippen LogP contribution in [0.3, 0.4) is 0 Å². The molecule has 0 aromatic rings. The molecule has 0 amide bonds. The summed E-state index contributed by atoms with van der Waals surface area (Å²) in [5.74, 6) is 0. The molecule has 0 saturated carbocycles. The molecule has 1 unspecified atom stereocenters. The zero-order valence-electron chi connectivity index (χ0n) is 10.9. The summed E-state index contributed by atoms with van der Waals surface area (Å²) in [6, 6.07) is 0. The molecule has 1 heterocycles. The number of aliphatic hydroxyl groups excluding tert-OH is 1. The van der Waals surface area contributed by atoms with Gasteiger partial charge in [-0.3, -0.25) is 0 Å². The molecule has 1 rings (SSSR count). The maximum Gasteiger partial charge on any atom is 0.171 e. The van der Waals surface area contributed by atoms with Crippen molar-refractivity contribution < 1.29 is 14.3 Å². The van der Waals surface area contributed by atoms with Gasteiger partial charge in [0.2, 0.25) is 0 Å². The van der Waals surface area contributed by atoms with Crippen LogP contribution in [0.2, 0.25) is 13.1 Å². The van der Waals surface area contributed by atoms with E-state index in [0.29, 0.717) is 6.61 Å². The lowest BCUT2D eigenvalue weighted by Gasteiger charge is -2.40. The van der Waals surface area contributed by atoms with Gasteiger partial charge < -0.3 is 14.3 Å². The maximum atomic E-state index is 9.94. The highest BCUT2D eigenvalue weighted by Gasteiger charge is 2.38. The van der Waals surface area contributed by atoms with Crippen LogP contribution in [0, 0.1) is 5.41 Å². The third-order valence-electron chi connectivity index (χ3n) is 2.63. The van der Waals surface area contributed by atoms with Crippen LogP contribution >= 0.6 is 0 Å². The Morgan fingerprint density at radius 1 is 1.44 bits per heavy atom. The van der Waals surface area contributed by atoms with E-state index < -0.39 is 15.1 Å². The van der Waals surface area contributed by atoms with Gasteiger partial charge in [-0.15, -0.1) is 0 Å². The normalized spacial score (nSPS) is 28.4. The average Bonchev–Trinajstić information content (AvgIpc) is 2.13. The van der Waals surface area contributed by atoms with E-state index in [1.165, 1.54) is 0 Å². The zero-order chi connectivity index (χ0) is 12.3. The minimum absolute atomic E-state index is 0.0197. The fourth-order valence-electron chi connectivity index (χ4n) is 1.90. The molecule has 4 heteroatoms. The van der Waals surface area contributed by atoms with Gasteiger partial charge >= 0.3 is 0 Å². The molecular formula is C12H24O3Si. The first-order valence-electron chi connectivity index (χ1n) is 5.94. The van der Waals surface area contributed by atoms with Crippen LogP contribution in [-0.2, 0) is 9.16 Å². The first-order valence-corrected chi connectivity index (χ1v) is 8.72. The van der Waals surface area contributed by atoms with E-state index in [9.17, 15) is 5.11 Å². The van der Waals surface area contributed by atoms with E-state index in [1.807, 2.05) is 6.08 Å². The van der Waals surface area contributed by atoms with Crippen LogP contribution in [0.25, 0.3) is 0 Å². The molecule has 3 atom stereocenters. The van der Waals surface area contributed by atoms with Crippen LogP contribution in [0.15, 0.2) is 12.2 Å². The summed E-state index contributed by atoms with van der Waals surface area (Å²) in [6.07, 6.45) is 2.83. The predicted octanol–water partition coefficient (Wildman–Crippen LogP) is 1.72. The number of ether oxygens (including phenoxy) is 1. The van der Waals surface area contributed by atoms with Gasteiger partial charge in [0.15, 0.2) is 9.04 Å². The van der Waals surface area contributed by atoms with Crippen molar-refractivity contribution in [3.05, 3.63) is 12.2 Å². The summed E-state index contributed by atoms with van der Waals surface area (Å²) in [5, 5.41) is 9.94. The third kappa shape index (κ3) is 3.70. The molecule has 1 aliphatic heterocycles. The largest absolute Gasteiger partial charge is 0.414 e. The first-order chi connectivity index (χ1) is 7.32. The van der Waals surface area contributed by atoms with Gasteiger partial charge in [0, 0.05) is 0 Å². The van der Waals surface area contributed by atoms with Gasteiger partial charge in [-0.2, -0.15) is 0 Å². The fraction of sp³-hybridized carbons (Fsp3) is 0.833. The van der Waals surface area contributed by atoms with Crippen LogP contribution in [0.1, 0.15) is 20.8 Å². The summed E-state index contributed by atoms with van der Waals surface area (Å²) in [4.78, 5) is 0. The molecule has 0 aromatic heterocycles. The molecule has 0 aromatic carbocycles. The van der Waals surface area contributed by atoms with E-state index >= 15 is 0 Å². The van der Waals surface area contributed by atoms with Gasteiger partial charge in [-0.25, -0.2) is 0 Å². The number of rotatable bonds is 3. The quantitative estimate of drug-likeness (QED) is 0.607. The molecular weight excluding hydrogens is 220 g/mol. The van der Waals surface area contributed by atoms with Crippen molar-refractivity contribution in [2.24, 2.45) is 5.41 Å². The Balaban J connectivity index is 2.79. The van der Waals surface area contributed by atoms with Gasteiger partial charge in [-0.1, -0.05) is 32.9 Å². The van der Waals surface area contributed by atoms with Crippen molar-refractivity contribution in [3.63, 3.8) is 0 Å². The van der Waals surface area contributed by atoms with Crippen molar-refractivity contribution in [1.82, 2.24) is 0 Å². The highest BCUT2D eigenvalue weighted by Crippen LogP contribution is 2.30. The van der Waals surface area contributed by atoms with Crippen molar-refractivity contribution in [2.45, 2.75) is 52.2 Å². The van der Waals surface area contributed by atoms with E-state index in [-0.39, 0.29) is 17.6 Å². The third-order valence-corrected chi connectivity index (χ3v) is 3.46. The van der Waals surface area contributed by atoms with Gasteiger partial charge in [-0.05, 0) is 18.5 Å². The maximum absolute atomic E-state index is 9.94. The molecule has 3 nitrogen and oxygen atoms in total. The van der Waals surface area contributed by atoms with Crippen LogP contribution in [0.4, 0.5) is 0 Å². The zero-order valence-corrected chi connectivity index (χ0v) is 12.1. The van der Waals surface area contributed by atoms with Gasteiger partial charge in [0.1, 0.15) is 12.2 Å². The standard InChI is InChI=1S/C12H24O3Si/c1-12(2,3)11(15-16(4)5)10-9(13)7-6-8-14-10/h6-7,9-11,13,16H,8H2,1-5H3/t9-,10+,11?/m0/s1. The number of hydrogen-bond acceptors (Lipinski definition) is 3. The minimum Gasteiger partial charge on any atom is -0.414 e. The Bertz CT molecular complexity index is 245. The topological polar surface area (TPSA) is 38.7 Å². The summed E-state index contributed by atoms with van der Waals surface area (Å²) in [6.45, 7) is 11.2. The van der Waals surface area contributed by atoms with Crippen LogP contribution in [-0.4, -0.2) is 39.1 Å². The van der Waals surface area contributed by atoms with E-state index in [0.717, 1.165) is 0 Å². The highest BCUT2D eigenvalue weighted by molar-refractivity contribution is 6.48. The lowest BCUT2D eigenvalue weighted by atomic mass is 9.83. The molecule has 1 N–H and O–H groups in total. The van der Waals surface area contributed by atoms with Crippen LogP contribution < -0.4 is 0 Å². The Morgan fingerprint density at radius 3 is 2.50 bits per heavy atom. The molecule has 0 spiro atoms.